The van der Waals surface area contributed by atoms with Crippen molar-refractivity contribution in [3.8, 4) is 11.5 Å². The van der Waals surface area contributed by atoms with Gasteiger partial charge in [0, 0.05) is 23.8 Å². The second-order valence-electron chi connectivity index (χ2n) is 7.18. The van der Waals surface area contributed by atoms with E-state index in [9.17, 15) is 9.59 Å². The number of rotatable bonds is 4. The summed E-state index contributed by atoms with van der Waals surface area (Å²) < 4.78 is 5.79. The van der Waals surface area contributed by atoms with Crippen LogP contribution in [0.25, 0.3) is 0 Å². The smallest absolute Gasteiger partial charge is 0.313 e. The molecule has 0 unspecified atom stereocenters. The van der Waals surface area contributed by atoms with Gasteiger partial charge in [0.25, 0.3) is 0 Å². The van der Waals surface area contributed by atoms with Gasteiger partial charge in [0.1, 0.15) is 11.5 Å². The number of carbonyl (C=O) groups is 2. The molecule has 0 aliphatic heterocycles. The summed E-state index contributed by atoms with van der Waals surface area (Å²) in [6.07, 6.45) is 4.09. The third-order valence-electron chi connectivity index (χ3n) is 4.90. The third-order valence-corrected chi connectivity index (χ3v) is 4.90. The fourth-order valence-corrected chi connectivity index (χ4v) is 3.39. The molecule has 0 saturated heterocycles. The number of nitrogens with zero attached hydrogens (tertiary/aromatic N) is 1. The molecule has 3 N–H and O–H groups in total. The zero-order chi connectivity index (χ0) is 20.2. The molecular formula is C22H22N4O3. The molecule has 1 aliphatic carbocycles. The third kappa shape index (κ3) is 4.63. The van der Waals surface area contributed by atoms with Crippen molar-refractivity contribution in [2.75, 3.05) is 5.32 Å². The van der Waals surface area contributed by atoms with Gasteiger partial charge in [-0.1, -0.05) is 12.1 Å². The van der Waals surface area contributed by atoms with Crippen molar-refractivity contribution in [2.24, 2.45) is 0 Å². The van der Waals surface area contributed by atoms with E-state index in [2.05, 4.69) is 20.8 Å². The van der Waals surface area contributed by atoms with Gasteiger partial charge in [-0.25, -0.2) is 0 Å². The number of anilines is 1. The zero-order valence-electron chi connectivity index (χ0n) is 16.1. The van der Waals surface area contributed by atoms with E-state index in [4.69, 9.17) is 4.74 Å². The Balaban J connectivity index is 1.30. The summed E-state index contributed by atoms with van der Waals surface area (Å²) in [7, 11) is 0. The fourth-order valence-electron chi connectivity index (χ4n) is 3.39. The van der Waals surface area contributed by atoms with Crippen LogP contribution >= 0.6 is 0 Å². The molecule has 29 heavy (non-hydrogen) atoms. The van der Waals surface area contributed by atoms with Crippen molar-refractivity contribution >= 4 is 17.5 Å². The number of carbonyl (C=O) groups excluding carboxylic acids is 2. The van der Waals surface area contributed by atoms with Crippen LogP contribution in [0.4, 0.5) is 5.69 Å². The van der Waals surface area contributed by atoms with E-state index in [1.165, 1.54) is 5.56 Å². The topological polar surface area (TPSA) is 96.1 Å². The molecule has 2 aromatic carbocycles. The first-order chi connectivity index (χ1) is 14.1. The Bertz CT molecular complexity index is 1030. The quantitative estimate of drug-likeness (QED) is 0.597. The lowest BCUT2D eigenvalue weighted by Crippen LogP contribution is -2.44. The van der Waals surface area contributed by atoms with Crippen LogP contribution in [-0.2, 0) is 22.4 Å². The average Bonchev–Trinajstić information content (AvgIpc) is 3.17. The molecule has 0 spiro atoms. The second kappa shape index (κ2) is 8.18. The summed E-state index contributed by atoms with van der Waals surface area (Å²) >= 11 is 0. The van der Waals surface area contributed by atoms with E-state index in [0.29, 0.717) is 17.9 Å². The van der Waals surface area contributed by atoms with Crippen LogP contribution in [0, 0.1) is 6.92 Å². The van der Waals surface area contributed by atoms with E-state index in [-0.39, 0.29) is 6.04 Å². The van der Waals surface area contributed by atoms with E-state index in [0.717, 1.165) is 29.8 Å². The monoisotopic (exact) mass is 390 g/mol. The summed E-state index contributed by atoms with van der Waals surface area (Å²) in [5, 5.41) is 12.4. The van der Waals surface area contributed by atoms with Crippen LogP contribution < -0.4 is 15.4 Å². The van der Waals surface area contributed by atoms with Gasteiger partial charge in [0.15, 0.2) is 0 Å². The molecule has 1 heterocycles. The lowest BCUT2D eigenvalue weighted by Gasteiger charge is -2.22. The first-order valence-corrected chi connectivity index (χ1v) is 9.54. The number of benzene rings is 2. The van der Waals surface area contributed by atoms with Crippen LogP contribution in [0.5, 0.6) is 11.5 Å². The highest BCUT2D eigenvalue weighted by molar-refractivity contribution is 6.39. The van der Waals surface area contributed by atoms with Gasteiger partial charge >= 0.3 is 11.8 Å². The molecule has 2 amide bonds. The van der Waals surface area contributed by atoms with Gasteiger partial charge in [-0.15, -0.1) is 0 Å². The largest absolute Gasteiger partial charge is 0.457 e. The molecule has 1 aliphatic rings. The molecular weight excluding hydrogens is 368 g/mol. The van der Waals surface area contributed by atoms with Crippen LogP contribution in [-0.4, -0.2) is 28.1 Å². The Kier molecular flexibility index (Phi) is 5.29. The lowest BCUT2D eigenvalue weighted by molar-refractivity contribution is -0.136. The van der Waals surface area contributed by atoms with Gasteiger partial charge in [-0.3, -0.25) is 14.7 Å². The summed E-state index contributed by atoms with van der Waals surface area (Å²) in [5.41, 5.74) is 3.83. The highest BCUT2D eigenvalue weighted by Gasteiger charge is 2.24. The lowest BCUT2D eigenvalue weighted by atomic mass is 9.94. The van der Waals surface area contributed by atoms with Crippen LogP contribution in [0.1, 0.15) is 23.2 Å². The number of aromatic amines is 1. The van der Waals surface area contributed by atoms with Crippen LogP contribution in [0.3, 0.4) is 0 Å². The molecule has 7 nitrogen and oxygen atoms in total. The number of amides is 2. The second-order valence-corrected chi connectivity index (χ2v) is 7.18. The Morgan fingerprint density at radius 3 is 2.72 bits per heavy atom. The zero-order valence-corrected chi connectivity index (χ0v) is 16.1. The Morgan fingerprint density at radius 1 is 1.10 bits per heavy atom. The van der Waals surface area contributed by atoms with Crippen molar-refractivity contribution in [1.82, 2.24) is 15.5 Å². The molecule has 0 saturated carbocycles. The van der Waals surface area contributed by atoms with E-state index in [1.54, 1.807) is 24.3 Å². The van der Waals surface area contributed by atoms with Crippen LogP contribution in [0.15, 0.2) is 54.7 Å². The average molecular weight is 390 g/mol. The molecule has 1 aromatic heterocycles. The van der Waals surface area contributed by atoms with E-state index >= 15 is 0 Å². The fraction of sp³-hybridized carbons (Fsp3) is 0.227. The van der Waals surface area contributed by atoms with Gasteiger partial charge in [0.2, 0.25) is 0 Å². The van der Waals surface area contributed by atoms with E-state index in [1.807, 2.05) is 37.4 Å². The SMILES string of the molecule is Cc1cccc(Oc2ccc(NC(=O)C(=O)N[C@H]3CCc4cn[nH]c4C3)cc2)c1. The van der Waals surface area contributed by atoms with Gasteiger partial charge in [-0.05, 0) is 67.3 Å². The molecule has 3 aromatic rings. The number of aromatic nitrogens is 2. The van der Waals surface area contributed by atoms with Crippen LogP contribution in [0.2, 0.25) is 0 Å². The summed E-state index contributed by atoms with van der Waals surface area (Å²) in [4.78, 5) is 24.5. The van der Waals surface area contributed by atoms with Crippen molar-refractivity contribution in [1.29, 1.82) is 0 Å². The standard InChI is InChI=1S/C22H22N4O3/c1-14-3-2-4-19(11-14)29-18-9-7-16(8-10-18)24-21(27)22(28)25-17-6-5-15-13-23-26-20(15)12-17/h2-4,7-11,13,17H,5-6,12H2,1H3,(H,23,26)(H,24,27)(H,25,28)/t17-/m0/s1. The molecule has 4 rings (SSSR count). The highest BCUT2D eigenvalue weighted by Crippen LogP contribution is 2.24. The first kappa shape index (κ1) is 18.7. The Labute approximate surface area is 168 Å². The molecule has 0 radical (unpaired) electrons. The number of hydrogen-bond acceptors (Lipinski definition) is 4. The molecule has 148 valence electrons. The molecule has 0 bridgehead atoms. The predicted molar refractivity (Wildman–Crippen MR) is 109 cm³/mol. The Hall–Kier alpha value is -3.61. The van der Waals surface area contributed by atoms with Gasteiger partial charge < -0.3 is 15.4 Å². The van der Waals surface area contributed by atoms with Crippen molar-refractivity contribution in [2.45, 2.75) is 32.2 Å². The summed E-state index contributed by atoms with van der Waals surface area (Å²) in [6.45, 7) is 2.00. The maximum absolute atomic E-state index is 12.2. The number of aryl methyl sites for hydroxylation is 2. The Morgan fingerprint density at radius 2 is 1.93 bits per heavy atom. The first-order valence-electron chi connectivity index (χ1n) is 9.54. The molecule has 7 heteroatoms. The van der Waals surface area contributed by atoms with Crippen molar-refractivity contribution in [3.05, 3.63) is 71.5 Å². The molecule has 1 atom stereocenters. The minimum absolute atomic E-state index is 0.0775. The predicted octanol–water partition coefficient (Wildman–Crippen LogP) is 3.12. The number of nitrogens with one attached hydrogen (secondary N) is 3. The highest BCUT2D eigenvalue weighted by atomic mass is 16.5. The van der Waals surface area contributed by atoms with Gasteiger partial charge in [0.05, 0.1) is 6.20 Å². The van der Waals surface area contributed by atoms with Crippen molar-refractivity contribution in [3.63, 3.8) is 0 Å². The normalized spacial score (nSPS) is 15.3. The minimum atomic E-state index is -0.687. The molecule has 0 fully saturated rings. The maximum atomic E-state index is 12.2. The number of ether oxygens (including phenoxy) is 1. The van der Waals surface area contributed by atoms with Gasteiger partial charge in [-0.2, -0.15) is 5.10 Å². The van der Waals surface area contributed by atoms with E-state index < -0.39 is 11.8 Å². The minimum Gasteiger partial charge on any atom is -0.457 e. The summed E-state index contributed by atoms with van der Waals surface area (Å²) in [5.74, 6) is 0.0653. The summed E-state index contributed by atoms with van der Waals surface area (Å²) in [6, 6.07) is 14.6. The number of H-pyrrole nitrogens is 1. The van der Waals surface area contributed by atoms with Crippen molar-refractivity contribution < 1.29 is 14.3 Å². The maximum Gasteiger partial charge on any atom is 0.313 e. The number of hydrogen-bond donors (Lipinski definition) is 3. The number of fused-ring (bicyclic) bond motifs is 1.